The molecule has 0 bridgehead atoms. The van der Waals surface area contributed by atoms with Crippen molar-refractivity contribution < 1.29 is 14.0 Å². The Labute approximate surface area is 179 Å². The highest BCUT2D eigenvalue weighted by molar-refractivity contribution is 5.82. The molecule has 7 heteroatoms. The number of amides is 2. The summed E-state index contributed by atoms with van der Waals surface area (Å²) in [5.74, 6) is -0.0729. The van der Waals surface area contributed by atoms with Gasteiger partial charge in [-0.1, -0.05) is 12.1 Å². The van der Waals surface area contributed by atoms with Crippen molar-refractivity contribution in [3.63, 3.8) is 0 Å². The van der Waals surface area contributed by atoms with Crippen LogP contribution in [0.15, 0.2) is 24.3 Å². The molecule has 1 aromatic rings. The number of benzene rings is 1. The lowest BCUT2D eigenvalue weighted by atomic mass is 10.1. The fourth-order valence-corrected chi connectivity index (χ4v) is 4.38. The highest BCUT2D eigenvalue weighted by Crippen LogP contribution is 2.17. The van der Waals surface area contributed by atoms with E-state index in [1.807, 2.05) is 25.7 Å². The van der Waals surface area contributed by atoms with Crippen molar-refractivity contribution >= 4 is 11.8 Å². The van der Waals surface area contributed by atoms with Crippen molar-refractivity contribution in [2.24, 2.45) is 0 Å². The van der Waals surface area contributed by atoms with Crippen LogP contribution in [0.5, 0.6) is 0 Å². The third-order valence-electron chi connectivity index (χ3n) is 6.58. The van der Waals surface area contributed by atoms with Gasteiger partial charge >= 0.3 is 0 Å². The molecule has 2 fully saturated rings. The largest absolute Gasteiger partial charge is 0.348 e. The van der Waals surface area contributed by atoms with Gasteiger partial charge in [-0.05, 0) is 57.7 Å². The first-order chi connectivity index (χ1) is 14.4. The van der Waals surface area contributed by atoms with Crippen molar-refractivity contribution in [1.82, 2.24) is 20.0 Å². The van der Waals surface area contributed by atoms with E-state index < -0.39 is 0 Å². The molecule has 3 rings (SSSR count). The lowest BCUT2D eigenvalue weighted by Crippen LogP contribution is -2.58. The zero-order valence-corrected chi connectivity index (χ0v) is 18.4. The van der Waals surface area contributed by atoms with Crippen LogP contribution >= 0.6 is 0 Å². The molecule has 2 saturated heterocycles. The van der Waals surface area contributed by atoms with Gasteiger partial charge in [-0.2, -0.15) is 0 Å². The van der Waals surface area contributed by atoms with Gasteiger partial charge in [0.1, 0.15) is 5.82 Å². The lowest BCUT2D eigenvalue weighted by molar-refractivity contribution is -0.139. The summed E-state index contributed by atoms with van der Waals surface area (Å²) < 4.78 is 13.1. The van der Waals surface area contributed by atoms with Gasteiger partial charge in [-0.25, -0.2) is 4.39 Å². The maximum atomic E-state index is 13.1. The number of hydrogen-bond donors (Lipinski definition) is 1. The molecular weight excluding hydrogens is 383 g/mol. The summed E-state index contributed by atoms with van der Waals surface area (Å²) in [7, 11) is 0. The summed E-state index contributed by atoms with van der Waals surface area (Å²) >= 11 is 0. The summed E-state index contributed by atoms with van der Waals surface area (Å²) in [6, 6.07) is 5.69. The monoisotopic (exact) mass is 418 g/mol. The van der Waals surface area contributed by atoms with E-state index >= 15 is 0 Å². The second kappa shape index (κ2) is 10.4. The normalized spacial score (nSPS) is 21.7. The maximum Gasteiger partial charge on any atom is 0.239 e. The van der Waals surface area contributed by atoms with E-state index in [1.165, 1.54) is 18.6 Å². The van der Waals surface area contributed by atoms with Gasteiger partial charge in [0, 0.05) is 39.3 Å². The molecule has 0 unspecified atom stereocenters. The van der Waals surface area contributed by atoms with Gasteiger partial charge in [0.15, 0.2) is 0 Å². The number of halogens is 1. The third-order valence-corrected chi connectivity index (χ3v) is 6.58. The van der Waals surface area contributed by atoms with Crippen LogP contribution in [0.2, 0.25) is 0 Å². The average Bonchev–Trinajstić information content (AvgIpc) is 2.78. The molecule has 2 heterocycles. The molecule has 3 atom stereocenters. The quantitative estimate of drug-likeness (QED) is 0.771. The molecule has 6 nitrogen and oxygen atoms in total. The van der Waals surface area contributed by atoms with E-state index in [1.54, 1.807) is 12.1 Å². The Balaban J connectivity index is 1.47. The number of carbonyl (C=O) groups is 2. The molecule has 1 N–H and O–H groups in total. The van der Waals surface area contributed by atoms with Gasteiger partial charge in [0.2, 0.25) is 11.8 Å². The minimum Gasteiger partial charge on any atom is -0.348 e. The van der Waals surface area contributed by atoms with Crippen LogP contribution in [0.4, 0.5) is 4.39 Å². The van der Waals surface area contributed by atoms with Crippen molar-refractivity contribution in [2.45, 2.75) is 58.2 Å². The van der Waals surface area contributed by atoms with Crippen molar-refractivity contribution in [1.29, 1.82) is 0 Å². The molecule has 30 heavy (non-hydrogen) atoms. The van der Waals surface area contributed by atoms with Gasteiger partial charge in [-0.15, -0.1) is 0 Å². The van der Waals surface area contributed by atoms with Crippen LogP contribution < -0.4 is 5.32 Å². The first-order valence-electron chi connectivity index (χ1n) is 11.2. The van der Waals surface area contributed by atoms with Gasteiger partial charge in [-0.3, -0.25) is 19.4 Å². The standard InChI is InChI=1S/C23H35FN4O2/c1-17(20-7-9-21(24)10-8-20)25-22(29)18(2)26-13-15-27(16-14-26)19(3)23(30)28-11-5-4-6-12-28/h7-10,17-19H,4-6,11-16H2,1-3H3,(H,25,29)/t17-,18+,19+/m0/s1. The van der Waals surface area contributed by atoms with E-state index in [2.05, 4.69) is 15.1 Å². The second-order valence-corrected chi connectivity index (χ2v) is 8.59. The molecule has 2 amide bonds. The zero-order chi connectivity index (χ0) is 21.7. The summed E-state index contributed by atoms with van der Waals surface area (Å²) in [5, 5.41) is 3.03. The summed E-state index contributed by atoms with van der Waals surface area (Å²) in [5.41, 5.74) is 0.881. The van der Waals surface area contributed by atoms with Gasteiger partial charge < -0.3 is 10.2 Å². The lowest BCUT2D eigenvalue weighted by Gasteiger charge is -2.41. The SMILES string of the molecule is C[C@H](NC(=O)[C@@H](C)N1CCN([C@H](C)C(=O)N2CCCCC2)CC1)c1ccc(F)cc1. The van der Waals surface area contributed by atoms with E-state index in [0.717, 1.165) is 57.7 Å². The highest BCUT2D eigenvalue weighted by atomic mass is 19.1. The predicted molar refractivity (Wildman–Crippen MR) is 115 cm³/mol. The van der Waals surface area contributed by atoms with Crippen LogP contribution in [-0.2, 0) is 9.59 Å². The van der Waals surface area contributed by atoms with E-state index in [4.69, 9.17) is 0 Å². The highest BCUT2D eigenvalue weighted by Gasteiger charge is 2.32. The Morgan fingerprint density at radius 3 is 1.93 bits per heavy atom. The Morgan fingerprint density at radius 1 is 0.833 bits per heavy atom. The number of rotatable bonds is 6. The van der Waals surface area contributed by atoms with Crippen LogP contribution in [-0.4, -0.2) is 77.9 Å². The minimum absolute atomic E-state index is 0.0299. The number of nitrogens with zero attached hydrogens (tertiary/aromatic N) is 3. The fraction of sp³-hybridized carbons (Fsp3) is 0.652. The Hall–Kier alpha value is -1.99. The summed E-state index contributed by atoms with van der Waals surface area (Å²) in [4.78, 5) is 31.9. The van der Waals surface area contributed by atoms with E-state index in [9.17, 15) is 14.0 Å². The van der Waals surface area contributed by atoms with Crippen LogP contribution in [0.3, 0.4) is 0 Å². The molecule has 2 aliphatic heterocycles. The molecule has 0 spiro atoms. The van der Waals surface area contributed by atoms with Crippen molar-refractivity contribution in [3.8, 4) is 0 Å². The van der Waals surface area contributed by atoms with E-state index in [0.29, 0.717) is 0 Å². The number of piperidine rings is 1. The Kier molecular flexibility index (Phi) is 7.83. The van der Waals surface area contributed by atoms with Gasteiger partial charge in [0.25, 0.3) is 0 Å². The van der Waals surface area contributed by atoms with Crippen LogP contribution in [0.1, 0.15) is 51.6 Å². The smallest absolute Gasteiger partial charge is 0.239 e. The molecule has 1 aromatic carbocycles. The molecule has 2 aliphatic rings. The number of likely N-dealkylation sites (tertiary alicyclic amines) is 1. The zero-order valence-electron chi connectivity index (χ0n) is 18.4. The number of carbonyl (C=O) groups excluding carboxylic acids is 2. The molecule has 0 saturated carbocycles. The Morgan fingerprint density at radius 2 is 1.37 bits per heavy atom. The van der Waals surface area contributed by atoms with Crippen molar-refractivity contribution in [2.75, 3.05) is 39.3 Å². The number of nitrogens with one attached hydrogen (secondary N) is 1. The number of hydrogen-bond acceptors (Lipinski definition) is 4. The van der Waals surface area contributed by atoms with E-state index in [-0.39, 0.29) is 35.8 Å². The first kappa shape index (κ1) is 22.7. The van der Waals surface area contributed by atoms with Gasteiger partial charge in [0.05, 0.1) is 18.1 Å². The minimum atomic E-state index is -0.281. The molecule has 0 aromatic heterocycles. The topological polar surface area (TPSA) is 55.9 Å². The summed E-state index contributed by atoms with van der Waals surface area (Å²) in [6.07, 6.45) is 3.43. The maximum absolute atomic E-state index is 13.1. The Bertz CT molecular complexity index is 712. The molecule has 0 aliphatic carbocycles. The average molecular weight is 419 g/mol. The first-order valence-corrected chi connectivity index (χ1v) is 11.2. The fourth-order valence-electron chi connectivity index (χ4n) is 4.38. The molecular formula is C23H35FN4O2. The van der Waals surface area contributed by atoms with Crippen LogP contribution in [0.25, 0.3) is 0 Å². The second-order valence-electron chi connectivity index (χ2n) is 8.59. The summed E-state index contributed by atoms with van der Waals surface area (Å²) in [6.45, 7) is 10.7. The molecule has 166 valence electrons. The van der Waals surface area contributed by atoms with Crippen molar-refractivity contribution in [3.05, 3.63) is 35.6 Å². The number of piperazine rings is 1. The predicted octanol–water partition coefficient (Wildman–Crippen LogP) is 2.41. The molecule has 0 radical (unpaired) electrons. The third kappa shape index (κ3) is 5.58. The van der Waals surface area contributed by atoms with Crippen LogP contribution in [0, 0.1) is 5.82 Å².